The third-order valence-electron chi connectivity index (χ3n) is 5.70. The van der Waals surface area contributed by atoms with Gasteiger partial charge in [-0.25, -0.2) is 0 Å². The average molecular weight is 334 g/mol. The molecule has 0 spiro atoms. The minimum absolute atomic E-state index is 0.279. The maximum atomic E-state index is 12.0. The van der Waals surface area contributed by atoms with Crippen LogP contribution in [0.15, 0.2) is 48.5 Å². The van der Waals surface area contributed by atoms with Crippen molar-refractivity contribution in [3.63, 3.8) is 0 Å². The van der Waals surface area contributed by atoms with E-state index >= 15 is 0 Å². The van der Waals surface area contributed by atoms with Crippen LogP contribution in [0.25, 0.3) is 0 Å². The molecule has 4 rings (SSSR count). The molecule has 3 nitrogen and oxygen atoms in total. The minimum atomic E-state index is 0.279. The average Bonchev–Trinajstić information content (AvgIpc) is 2.84. The quantitative estimate of drug-likeness (QED) is 0.840. The number of amides is 1. The van der Waals surface area contributed by atoms with E-state index in [-0.39, 0.29) is 5.91 Å². The topological polar surface area (TPSA) is 23.6 Å². The Kier molecular flexibility index (Phi) is 4.58. The van der Waals surface area contributed by atoms with Gasteiger partial charge in [-0.05, 0) is 35.1 Å². The van der Waals surface area contributed by atoms with Gasteiger partial charge < -0.3 is 4.90 Å². The summed E-state index contributed by atoms with van der Waals surface area (Å²) in [5.41, 5.74) is 5.83. The molecular formula is C22H26N2O. The molecule has 1 fully saturated rings. The zero-order chi connectivity index (χ0) is 17.2. The highest BCUT2D eigenvalue weighted by Gasteiger charge is 2.31. The molecule has 0 bridgehead atoms. The Morgan fingerprint density at radius 3 is 1.92 bits per heavy atom. The van der Waals surface area contributed by atoms with Gasteiger partial charge in [0.2, 0.25) is 5.91 Å². The normalized spacial score (nSPS) is 18.4. The Balaban J connectivity index is 1.68. The summed E-state index contributed by atoms with van der Waals surface area (Å²) in [5.74, 6) is 0.279. The second-order valence-corrected chi connectivity index (χ2v) is 7.07. The maximum Gasteiger partial charge on any atom is 0.222 e. The van der Waals surface area contributed by atoms with Gasteiger partial charge in [0.1, 0.15) is 0 Å². The molecule has 0 saturated carbocycles. The summed E-state index contributed by atoms with van der Waals surface area (Å²) >= 11 is 0. The van der Waals surface area contributed by atoms with Crippen LogP contribution in [-0.4, -0.2) is 41.9 Å². The third-order valence-corrected chi connectivity index (χ3v) is 5.70. The molecule has 2 aromatic rings. The van der Waals surface area contributed by atoms with E-state index in [0.29, 0.717) is 12.5 Å². The first-order valence-electron chi connectivity index (χ1n) is 9.45. The van der Waals surface area contributed by atoms with Crippen LogP contribution >= 0.6 is 0 Å². The fourth-order valence-electron chi connectivity index (χ4n) is 4.34. The predicted octanol–water partition coefficient (Wildman–Crippen LogP) is 3.43. The molecule has 0 radical (unpaired) electrons. The smallest absolute Gasteiger partial charge is 0.222 e. The first kappa shape index (κ1) is 16.3. The van der Waals surface area contributed by atoms with Crippen LogP contribution < -0.4 is 0 Å². The minimum Gasteiger partial charge on any atom is -0.340 e. The summed E-state index contributed by atoms with van der Waals surface area (Å²) in [7, 11) is 0. The van der Waals surface area contributed by atoms with Crippen molar-refractivity contribution in [3.8, 4) is 0 Å². The molecule has 1 amide bonds. The number of piperazine rings is 1. The van der Waals surface area contributed by atoms with Gasteiger partial charge in [-0.15, -0.1) is 0 Å². The summed E-state index contributed by atoms with van der Waals surface area (Å²) in [6.45, 7) is 5.52. The molecule has 2 aromatic carbocycles. The number of carbonyl (C=O) groups is 1. The van der Waals surface area contributed by atoms with Gasteiger partial charge >= 0.3 is 0 Å². The summed E-state index contributed by atoms with van der Waals surface area (Å²) in [6.07, 6.45) is 2.82. The summed E-state index contributed by atoms with van der Waals surface area (Å²) in [5, 5.41) is 0. The highest BCUT2D eigenvalue weighted by molar-refractivity contribution is 5.75. The van der Waals surface area contributed by atoms with Gasteiger partial charge in [0.25, 0.3) is 0 Å². The van der Waals surface area contributed by atoms with Gasteiger partial charge in [0.15, 0.2) is 0 Å². The molecule has 1 saturated heterocycles. The molecule has 25 heavy (non-hydrogen) atoms. The molecule has 2 aliphatic rings. The number of hydrogen-bond acceptors (Lipinski definition) is 2. The van der Waals surface area contributed by atoms with Gasteiger partial charge in [0.05, 0.1) is 6.04 Å². The van der Waals surface area contributed by atoms with Crippen LogP contribution in [0.3, 0.4) is 0 Å². The Hall–Kier alpha value is -2.13. The van der Waals surface area contributed by atoms with Crippen LogP contribution in [-0.2, 0) is 17.6 Å². The number of benzene rings is 2. The number of rotatable bonds is 2. The van der Waals surface area contributed by atoms with Gasteiger partial charge in [-0.2, -0.15) is 0 Å². The van der Waals surface area contributed by atoms with Gasteiger partial charge in [0, 0.05) is 32.6 Å². The Morgan fingerprint density at radius 1 is 0.880 bits per heavy atom. The van der Waals surface area contributed by atoms with E-state index in [4.69, 9.17) is 0 Å². The van der Waals surface area contributed by atoms with E-state index in [0.717, 1.165) is 39.0 Å². The lowest BCUT2D eigenvalue weighted by Crippen LogP contribution is -2.49. The van der Waals surface area contributed by atoms with E-state index in [1.165, 1.54) is 22.3 Å². The first-order valence-corrected chi connectivity index (χ1v) is 9.45. The molecule has 0 aromatic heterocycles. The lowest BCUT2D eigenvalue weighted by Gasteiger charge is -2.40. The van der Waals surface area contributed by atoms with Crippen molar-refractivity contribution in [2.75, 3.05) is 26.2 Å². The van der Waals surface area contributed by atoms with Crippen molar-refractivity contribution in [2.24, 2.45) is 0 Å². The zero-order valence-corrected chi connectivity index (χ0v) is 14.9. The molecule has 0 N–H and O–H groups in total. The van der Waals surface area contributed by atoms with Crippen molar-refractivity contribution in [1.82, 2.24) is 9.80 Å². The summed E-state index contributed by atoms with van der Waals surface area (Å²) in [6, 6.07) is 18.1. The Labute approximate surface area is 150 Å². The second-order valence-electron chi connectivity index (χ2n) is 7.07. The van der Waals surface area contributed by atoms with Crippen LogP contribution in [0, 0.1) is 0 Å². The monoisotopic (exact) mass is 334 g/mol. The highest BCUT2D eigenvalue weighted by atomic mass is 16.2. The van der Waals surface area contributed by atoms with E-state index in [9.17, 15) is 4.79 Å². The van der Waals surface area contributed by atoms with E-state index < -0.39 is 0 Å². The number of hydrogen-bond donors (Lipinski definition) is 0. The SMILES string of the molecule is CCC(=O)N1CCN(C2c3ccccc3CCc3ccccc32)CC1. The molecule has 0 unspecified atom stereocenters. The molecule has 130 valence electrons. The van der Waals surface area contributed by atoms with Gasteiger partial charge in [-0.1, -0.05) is 55.5 Å². The van der Waals surface area contributed by atoms with Crippen LogP contribution in [0.5, 0.6) is 0 Å². The fourth-order valence-corrected chi connectivity index (χ4v) is 4.34. The largest absolute Gasteiger partial charge is 0.340 e. The van der Waals surface area contributed by atoms with E-state index in [1.807, 2.05) is 11.8 Å². The molecular weight excluding hydrogens is 308 g/mol. The van der Waals surface area contributed by atoms with Gasteiger partial charge in [-0.3, -0.25) is 9.69 Å². The Bertz CT molecular complexity index is 715. The molecule has 1 aliphatic carbocycles. The van der Waals surface area contributed by atoms with Crippen LogP contribution in [0.4, 0.5) is 0 Å². The van der Waals surface area contributed by atoms with Crippen LogP contribution in [0.2, 0.25) is 0 Å². The number of carbonyl (C=O) groups excluding carboxylic acids is 1. The second kappa shape index (κ2) is 7.01. The standard InChI is InChI=1S/C22H26N2O/c1-2-21(25)23-13-15-24(16-14-23)22-19-9-5-3-7-17(19)11-12-18-8-4-6-10-20(18)22/h3-10,22H,2,11-16H2,1H3. The number of fused-ring (bicyclic) bond motifs is 2. The zero-order valence-electron chi connectivity index (χ0n) is 14.9. The number of nitrogens with zero attached hydrogens (tertiary/aromatic N) is 2. The molecule has 1 heterocycles. The lowest BCUT2D eigenvalue weighted by atomic mass is 9.92. The summed E-state index contributed by atoms with van der Waals surface area (Å²) in [4.78, 5) is 16.6. The van der Waals surface area contributed by atoms with E-state index in [2.05, 4.69) is 53.4 Å². The predicted molar refractivity (Wildman–Crippen MR) is 101 cm³/mol. The molecule has 0 atom stereocenters. The fraction of sp³-hybridized carbons (Fsp3) is 0.409. The lowest BCUT2D eigenvalue weighted by molar-refractivity contribution is -0.132. The van der Waals surface area contributed by atoms with Crippen molar-refractivity contribution >= 4 is 5.91 Å². The van der Waals surface area contributed by atoms with Crippen LogP contribution in [0.1, 0.15) is 41.6 Å². The summed E-state index contributed by atoms with van der Waals surface area (Å²) < 4.78 is 0. The van der Waals surface area contributed by atoms with Crippen molar-refractivity contribution in [3.05, 3.63) is 70.8 Å². The Morgan fingerprint density at radius 2 is 1.40 bits per heavy atom. The third kappa shape index (κ3) is 3.09. The molecule has 3 heteroatoms. The number of aryl methyl sites for hydroxylation is 2. The van der Waals surface area contributed by atoms with Crippen molar-refractivity contribution in [2.45, 2.75) is 32.2 Å². The van der Waals surface area contributed by atoms with Crippen molar-refractivity contribution in [1.29, 1.82) is 0 Å². The van der Waals surface area contributed by atoms with E-state index in [1.54, 1.807) is 0 Å². The molecule has 1 aliphatic heterocycles. The van der Waals surface area contributed by atoms with Crippen molar-refractivity contribution < 1.29 is 4.79 Å². The maximum absolute atomic E-state index is 12.0. The highest BCUT2D eigenvalue weighted by Crippen LogP contribution is 2.37. The first-order chi connectivity index (χ1) is 12.3.